The smallest absolute Gasteiger partial charge is 0.259 e. The maximum absolute atomic E-state index is 12.3. The van der Waals surface area contributed by atoms with Crippen molar-refractivity contribution in [2.24, 2.45) is 0 Å². The third kappa shape index (κ3) is 4.64. The molecule has 0 saturated carbocycles. The van der Waals surface area contributed by atoms with E-state index in [4.69, 9.17) is 4.74 Å². The van der Waals surface area contributed by atoms with Crippen molar-refractivity contribution in [1.82, 2.24) is 15.2 Å². The Hall–Kier alpha value is -2.80. The number of benzene rings is 1. The van der Waals surface area contributed by atoms with Crippen LogP contribution in [0.2, 0.25) is 0 Å². The minimum atomic E-state index is -0.264. The van der Waals surface area contributed by atoms with Crippen molar-refractivity contribution < 1.29 is 9.53 Å². The number of anilines is 1. The standard InChI is InChI=1S/C19H20N4O2S/c1-3-7-17-22-23-19(26-17)21-18(24)15-10-11-16(20-12-15)25-13(2)14-8-5-4-6-9-14/h4-6,8-13H,3,7H2,1-2H3,(H,21,23,24). The number of rotatable bonds is 7. The van der Waals surface area contributed by atoms with Gasteiger partial charge in [0.1, 0.15) is 11.1 Å². The summed E-state index contributed by atoms with van der Waals surface area (Å²) >= 11 is 1.39. The van der Waals surface area contributed by atoms with Crippen LogP contribution in [-0.2, 0) is 6.42 Å². The van der Waals surface area contributed by atoms with Gasteiger partial charge >= 0.3 is 0 Å². The molecule has 26 heavy (non-hydrogen) atoms. The normalized spacial score (nSPS) is 11.8. The molecular weight excluding hydrogens is 348 g/mol. The lowest BCUT2D eigenvalue weighted by Gasteiger charge is -2.14. The Balaban J connectivity index is 1.60. The first-order valence-electron chi connectivity index (χ1n) is 8.47. The van der Waals surface area contributed by atoms with E-state index in [2.05, 4.69) is 27.4 Å². The SMILES string of the molecule is CCCc1nnc(NC(=O)c2ccc(OC(C)c3ccccc3)nc2)s1. The molecule has 0 aliphatic heterocycles. The Labute approximate surface area is 156 Å². The molecule has 2 aromatic heterocycles. The monoisotopic (exact) mass is 368 g/mol. The van der Waals surface area contributed by atoms with Crippen molar-refractivity contribution in [3.63, 3.8) is 0 Å². The maximum Gasteiger partial charge on any atom is 0.259 e. The van der Waals surface area contributed by atoms with E-state index in [1.54, 1.807) is 12.1 Å². The zero-order valence-electron chi connectivity index (χ0n) is 14.7. The molecule has 0 radical (unpaired) electrons. The first-order chi connectivity index (χ1) is 12.7. The fourth-order valence-electron chi connectivity index (χ4n) is 2.35. The molecule has 6 nitrogen and oxygen atoms in total. The molecule has 3 rings (SSSR count). The zero-order valence-corrected chi connectivity index (χ0v) is 15.5. The van der Waals surface area contributed by atoms with Gasteiger partial charge in [-0.25, -0.2) is 4.98 Å². The summed E-state index contributed by atoms with van der Waals surface area (Å²) in [5.41, 5.74) is 1.51. The largest absolute Gasteiger partial charge is 0.470 e. The van der Waals surface area contributed by atoms with E-state index in [1.165, 1.54) is 17.5 Å². The molecule has 0 aliphatic carbocycles. The first kappa shape index (κ1) is 18.0. The summed E-state index contributed by atoms with van der Waals surface area (Å²) in [7, 11) is 0. The molecule has 2 heterocycles. The highest BCUT2D eigenvalue weighted by molar-refractivity contribution is 7.15. The molecule has 7 heteroatoms. The second-order valence-electron chi connectivity index (χ2n) is 5.76. The third-order valence-corrected chi connectivity index (χ3v) is 4.61. The number of nitrogens with zero attached hydrogens (tertiary/aromatic N) is 3. The maximum atomic E-state index is 12.3. The van der Waals surface area contributed by atoms with Gasteiger partial charge in [-0.15, -0.1) is 10.2 Å². The van der Waals surface area contributed by atoms with Gasteiger partial charge in [0.15, 0.2) is 0 Å². The lowest BCUT2D eigenvalue weighted by atomic mass is 10.1. The molecule has 0 spiro atoms. The Bertz CT molecular complexity index is 849. The van der Waals surface area contributed by atoms with Crippen molar-refractivity contribution in [2.45, 2.75) is 32.8 Å². The van der Waals surface area contributed by atoms with Gasteiger partial charge in [0.25, 0.3) is 5.91 Å². The molecule has 1 N–H and O–H groups in total. The number of carbonyl (C=O) groups is 1. The fourth-order valence-corrected chi connectivity index (χ4v) is 3.18. The lowest BCUT2D eigenvalue weighted by Crippen LogP contribution is -2.12. The van der Waals surface area contributed by atoms with Gasteiger partial charge in [0, 0.05) is 18.7 Å². The average molecular weight is 368 g/mol. The topological polar surface area (TPSA) is 77.0 Å². The molecule has 0 fully saturated rings. The van der Waals surface area contributed by atoms with E-state index >= 15 is 0 Å². The van der Waals surface area contributed by atoms with Gasteiger partial charge in [-0.3, -0.25) is 10.1 Å². The predicted molar refractivity (Wildman–Crippen MR) is 102 cm³/mol. The molecule has 134 valence electrons. The number of aryl methyl sites for hydroxylation is 1. The van der Waals surface area contributed by atoms with Gasteiger partial charge in [0.2, 0.25) is 11.0 Å². The quantitative estimate of drug-likeness (QED) is 0.673. The number of carbonyl (C=O) groups excluding carboxylic acids is 1. The molecule has 1 atom stereocenters. The molecular formula is C19H20N4O2S. The summed E-state index contributed by atoms with van der Waals surface area (Å²) in [6.45, 7) is 4.04. The van der Waals surface area contributed by atoms with E-state index in [0.717, 1.165) is 23.4 Å². The first-order valence-corrected chi connectivity index (χ1v) is 9.28. The van der Waals surface area contributed by atoms with Crippen molar-refractivity contribution in [2.75, 3.05) is 5.32 Å². The van der Waals surface area contributed by atoms with Crippen LogP contribution < -0.4 is 10.1 Å². The number of hydrogen-bond donors (Lipinski definition) is 1. The van der Waals surface area contributed by atoms with Gasteiger partial charge < -0.3 is 4.74 Å². The summed E-state index contributed by atoms with van der Waals surface area (Å²) in [5, 5.41) is 12.2. The third-order valence-electron chi connectivity index (χ3n) is 3.72. The summed E-state index contributed by atoms with van der Waals surface area (Å²) in [4.78, 5) is 16.5. The van der Waals surface area contributed by atoms with E-state index < -0.39 is 0 Å². The van der Waals surface area contributed by atoms with Crippen molar-refractivity contribution in [3.05, 3.63) is 64.8 Å². The predicted octanol–water partition coefficient (Wildman–Crippen LogP) is 4.28. The van der Waals surface area contributed by atoms with Gasteiger partial charge in [-0.05, 0) is 25.0 Å². The second-order valence-corrected chi connectivity index (χ2v) is 6.82. The zero-order chi connectivity index (χ0) is 18.4. The molecule has 0 saturated heterocycles. The van der Waals surface area contributed by atoms with E-state index in [-0.39, 0.29) is 12.0 Å². The van der Waals surface area contributed by atoms with Crippen LogP contribution >= 0.6 is 11.3 Å². The fraction of sp³-hybridized carbons (Fsp3) is 0.263. The highest BCUT2D eigenvalue weighted by atomic mass is 32.1. The number of aromatic nitrogens is 3. The Morgan fingerprint density at radius 1 is 1.19 bits per heavy atom. The molecule has 3 aromatic rings. The number of pyridine rings is 1. The van der Waals surface area contributed by atoms with E-state index in [1.807, 2.05) is 37.3 Å². The molecule has 1 unspecified atom stereocenters. The molecule has 0 aliphatic rings. The minimum absolute atomic E-state index is 0.123. The van der Waals surface area contributed by atoms with Gasteiger partial charge in [0.05, 0.1) is 5.56 Å². The average Bonchev–Trinajstić information content (AvgIpc) is 3.10. The Morgan fingerprint density at radius 2 is 2.00 bits per heavy atom. The minimum Gasteiger partial charge on any atom is -0.470 e. The van der Waals surface area contributed by atoms with Gasteiger partial charge in [-0.1, -0.05) is 48.6 Å². The van der Waals surface area contributed by atoms with Crippen molar-refractivity contribution in [1.29, 1.82) is 0 Å². The van der Waals surface area contributed by atoms with Crippen LogP contribution in [0.25, 0.3) is 0 Å². The van der Waals surface area contributed by atoms with Crippen LogP contribution in [0, 0.1) is 0 Å². The number of amides is 1. The lowest BCUT2D eigenvalue weighted by molar-refractivity contribution is 0.102. The Morgan fingerprint density at radius 3 is 2.69 bits per heavy atom. The van der Waals surface area contributed by atoms with E-state index in [9.17, 15) is 4.79 Å². The van der Waals surface area contributed by atoms with Crippen molar-refractivity contribution >= 4 is 22.4 Å². The van der Waals surface area contributed by atoms with Crippen molar-refractivity contribution in [3.8, 4) is 5.88 Å². The molecule has 1 amide bonds. The molecule has 0 bridgehead atoms. The van der Waals surface area contributed by atoms with Gasteiger partial charge in [-0.2, -0.15) is 0 Å². The summed E-state index contributed by atoms with van der Waals surface area (Å²) in [6.07, 6.45) is 3.23. The summed E-state index contributed by atoms with van der Waals surface area (Å²) in [6, 6.07) is 13.3. The number of ether oxygens (including phenoxy) is 1. The van der Waals surface area contributed by atoms with Crippen LogP contribution in [0.4, 0.5) is 5.13 Å². The van der Waals surface area contributed by atoms with Crippen LogP contribution in [0.15, 0.2) is 48.7 Å². The number of hydrogen-bond acceptors (Lipinski definition) is 6. The second kappa shape index (κ2) is 8.53. The van der Waals surface area contributed by atoms with E-state index in [0.29, 0.717) is 16.6 Å². The van der Waals surface area contributed by atoms with Crippen LogP contribution in [-0.4, -0.2) is 21.1 Å². The summed E-state index contributed by atoms with van der Waals surface area (Å²) in [5.74, 6) is 0.207. The number of nitrogens with one attached hydrogen (secondary N) is 1. The highest BCUT2D eigenvalue weighted by Crippen LogP contribution is 2.21. The molecule has 1 aromatic carbocycles. The Kier molecular flexibility index (Phi) is 5.91. The summed E-state index contributed by atoms with van der Waals surface area (Å²) < 4.78 is 5.82. The highest BCUT2D eigenvalue weighted by Gasteiger charge is 2.12. The van der Waals surface area contributed by atoms with Crippen LogP contribution in [0.5, 0.6) is 5.88 Å². The van der Waals surface area contributed by atoms with Crippen LogP contribution in [0.3, 0.4) is 0 Å². The van der Waals surface area contributed by atoms with Crippen LogP contribution in [0.1, 0.15) is 47.3 Å².